The number of anilines is 1. The fourth-order valence-corrected chi connectivity index (χ4v) is 3.78. The van der Waals surface area contributed by atoms with Crippen molar-refractivity contribution in [1.82, 2.24) is 19.6 Å². The molecule has 8 heteroatoms. The van der Waals surface area contributed by atoms with Gasteiger partial charge in [-0.25, -0.2) is 4.79 Å². The van der Waals surface area contributed by atoms with Gasteiger partial charge < -0.3 is 19.9 Å². The second-order valence-corrected chi connectivity index (χ2v) is 7.27. The Bertz CT molecular complexity index is 901. The van der Waals surface area contributed by atoms with Gasteiger partial charge in [-0.1, -0.05) is 12.1 Å². The van der Waals surface area contributed by atoms with Gasteiger partial charge in [0.1, 0.15) is 0 Å². The molecular weight excluding hydrogens is 358 g/mol. The summed E-state index contributed by atoms with van der Waals surface area (Å²) in [4.78, 5) is 29.2. The van der Waals surface area contributed by atoms with Gasteiger partial charge in [0, 0.05) is 50.0 Å². The Kier molecular flexibility index (Phi) is 5.04. The fraction of sp³-hybridized carbons (Fsp3) is 0.450. The molecule has 1 N–H and O–H groups in total. The number of hydrogen-bond donors (Lipinski definition) is 1. The lowest BCUT2D eigenvalue weighted by atomic mass is 10.0. The minimum atomic E-state index is -0.162. The van der Waals surface area contributed by atoms with Gasteiger partial charge >= 0.3 is 6.03 Å². The van der Waals surface area contributed by atoms with E-state index >= 15 is 0 Å². The lowest BCUT2D eigenvalue weighted by molar-refractivity contribution is 0.0297. The van der Waals surface area contributed by atoms with E-state index in [9.17, 15) is 9.59 Å². The van der Waals surface area contributed by atoms with E-state index in [-0.39, 0.29) is 11.9 Å². The second-order valence-electron chi connectivity index (χ2n) is 7.27. The van der Waals surface area contributed by atoms with Crippen LogP contribution >= 0.6 is 0 Å². The molecule has 2 aromatic rings. The number of aryl methyl sites for hydroxylation is 2. The number of nitrogens with one attached hydrogen (secondary N) is 1. The molecule has 3 heterocycles. The maximum Gasteiger partial charge on any atom is 0.322 e. The topological polar surface area (TPSA) is 79.7 Å². The van der Waals surface area contributed by atoms with Crippen molar-refractivity contribution < 1.29 is 14.3 Å². The third kappa shape index (κ3) is 3.60. The first kappa shape index (κ1) is 18.5. The highest BCUT2D eigenvalue weighted by Crippen LogP contribution is 2.24. The van der Waals surface area contributed by atoms with Gasteiger partial charge in [-0.15, -0.1) is 0 Å². The summed E-state index contributed by atoms with van der Waals surface area (Å²) in [5.74, 6) is -0.0823. The number of morpholine rings is 1. The average Bonchev–Trinajstić information content (AvgIpc) is 3.04. The van der Waals surface area contributed by atoms with E-state index in [1.807, 2.05) is 38.2 Å². The van der Waals surface area contributed by atoms with Crippen molar-refractivity contribution in [2.24, 2.45) is 7.05 Å². The Morgan fingerprint density at radius 1 is 1.14 bits per heavy atom. The van der Waals surface area contributed by atoms with Crippen molar-refractivity contribution in [3.05, 3.63) is 46.8 Å². The van der Waals surface area contributed by atoms with E-state index in [4.69, 9.17) is 4.74 Å². The predicted octanol–water partition coefficient (Wildman–Crippen LogP) is 1.79. The SMILES string of the molecule is Cc1cccc(NC(=O)N2CCc3c(c(C(=O)N4CCOCC4)nn3C)C2)c1. The normalized spacial score (nSPS) is 16.6. The monoisotopic (exact) mass is 383 g/mol. The number of nitrogens with zero attached hydrogens (tertiary/aromatic N) is 4. The molecule has 148 valence electrons. The largest absolute Gasteiger partial charge is 0.378 e. The molecule has 1 fully saturated rings. The first-order valence-corrected chi connectivity index (χ1v) is 9.57. The van der Waals surface area contributed by atoms with Crippen LogP contribution in [-0.4, -0.2) is 64.4 Å². The molecule has 0 radical (unpaired) electrons. The number of aromatic nitrogens is 2. The van der Waals surface area contributed by atoms with Gasteiger partial charge in [-0.2, -0.15) is 5.10 Å². The molecule has 3 amide bonds. The molecule has 0 spiro atoms. The Labute approximate surface area is 164 Å². The maximum atomic E-state index is 13.0. The van der Waals surface area contributed by atoms with Crippen LogP contribution in [0.4, 0.5) is 10.5 Å². The highest BCUT2D eigenvalue weighted by Gasteiger charge is 2.31. The molecule has 1 saturated heterocycles. The number of hydrogen-bond acceptors (Lipinski definition) is 4. The van der Waals surface area contributed by atoms with Crippen LogP contribution < -0.4 is 5.32 Å². The van der Waals surface area contributed by atoms with Crippen LogP contribution in [0, 0.1) is 6.92 Å². The minimum Gasteiger partial charge on any atom is -0.378 e. The van der Waals surface area contributed by atoms with E-state index in [1.54, 1.807) is 14.5 Å². The number of benzene rings is 1. The van der Waals surface area contributed by atoms with Crippen LogP contribution in [0.2, 0.25) is 0 Å². The zero-order valence-corrected chi connectivity index (χ0v) is 16.3. The first-order chi connectivity index (χ1) is 13.5. The molecule has 0 unspecified atom stereocenters. The highest BCUT2D eigenvalue weighted by molar-refractivity contribution is 5.95. The van der Waals surface area contributed by atoms with E-state index in [2.05, 4.69) is 10.4 Å². The standard InChI is InChI=1S/C20H25N5O3/c1-14-4-3-5-15(12-14)21-20(27)25-7-6-17-16(13-25)18(22-23(17)2)19(26)24-8-10-28-11-9-24/h3-5,12H,6-11,13H2,1-2H3,(H,21,27). The van der Waals surface area contributed by atoms with Crippen molar-refractivity contribution >= 4 is 17.6 Å². The Balaban J connectivity index is 1.52. The number of urea groups is 1. The average molecular weight is 383 g/mol. The summed E-state index contributed by atoms with van der Waals surface area (Å²) in [7, 11) is 1.86. The Morgan fingerprint density at radius 3 is 2.68 bits per heavy atom. The predicted molar refractivity (Wildman–Crippen MR) is 104 cm³/mol. The number of amides is 3. The molecule has 2 aliphatic rings. The van der Waals surface area contributed by atoms with Gasteiger partial charge in [0.05, 0.1) is 19.8 Å². The lowest BCUT2D eigenvalue weighted by Gasteiger charge is -2.29. The summed E-state index contributed by atoms with van der Waals surface area (Å²) < 4.78 is 7.11. The Hall–Kier alpha value is -2.87. The van der Waals surface area contributed by atoms with E-state index in [0.29, 0.717) is 51.5 Å². The molecule has 2 aliphatic heterocycles. The van der Waals surface area contributed by atoms with E-state index in [0.717, 1.165) is 22.5 Å². The van der Waals surface area contributed by atoms with Crippen LogP contribution in [0.5, 0.6) is 0 Å². The van der Waals surface area contributed by atoms with Gasteiger partial charge in [-0.05, 0) is 24.6 Å². The number of carbonyl (C=O) groups is 2. The lowest BCUT2D eigenvalue weighted by Crippen LogP contribution is -2.42. The summed E-state index contributed by atoms with van der Waals surface area (Å²) in [6.07, 6.45) is 0.677. The van der Waals surface area contributed by atoms with Gasteiger partial charge in [-0.3, -0.25) is 9.48 Å². The number of fused-ring (bicyclic) bond motifs is 1. The molecule has 0 bridgehead atoms. The van der Waals surface area contributed by atoms with Crippen LogP contribution in [0.3, 0.4) is 0 Å². The molecule has 8 nitrogen and oxygen atoms in total. The van der Waals surface area contributed by atoms with E-state index < -0.39 is 0 Å². The summed E-state index contributed by atoms with van der Waals surface area (Å²) in [5.41, 5.74) is 4.18. The zero-order chi connectivity index (χ0) is 19.7. The summed E-state index contributed by atoms with van der Waals surface area (Å²) in [6.45, 7) is 5.20. The second kappa shape index (κ2) is 7.63. The Morgan fingerprint density at radius 2 is 1.93 bits per heavy atom. The first-order valence-electron chi connectivity index (χ1n) is 9.57. The highest BCUT2D eigenvalue weighted by atomic mass is 16.5. The molecule has 4 rings (SSSR count). The van der Waals surface area contributed by atoms with Crippen LogP contribution in [0.25, 0.3) is 0 Å². The third-order valence-electron chi connectivity index (χ3n) is 5.30. The molecule has 1 aromatic carbocycles. The van der Waals surface area contributed by atoms with Crippen molar-refractivity contribution in [2.45, 2.75) is 19.9 Å². The molecule has 0 aliphatic carbocycles. The quantitative estimate of drug-likeness (QED) is 0.858. The minimum absolute atomic E-state index is 0.0823. The third-order valence-corrected chi connectivity index (χ3v) is 5.30. The van der Waals surface area contributed by atoms with Crippen LogP contribution in [-0.2, 0) is 24.8 Å². The van der Waals surface area contributed by atoms with Crippen molar-refractivity contribution in [1.29, 1.82) is 0 Å². The van der Waals surface area contributed by atoms with E-state index in [1.165, 1.54) is 0 Å². The number of carbonyl (C=O) groups excluding carboxylic acids is 2. The van der Waals surface area contributed by atoms with Crippen LogP contribution in [0.1, 0.15) is 27.3 Å². The summed E-state index contributed by atoms with van der Waals surface area (Å²) in [6, 6.07) is 7.55. The smallest absolute Gasteiger partial charge is 0.322 e. The molecule has 28 heavy (non-hydrogen) atoms. The van der Waals surface area contributed by atoms with Crippen LogP contribution in [0.15, 0.2) is 24.3 Å². The molecule has 0 atom stereocenters. The van der Waals surface area contributed by atoms with Gasteiger partial charge in [0.2, 0.25) is 0 Å². The summed E-state index contributed by atoms with van der Waals surface area (Å²) in [5, 5.41) is 7.43. The fourth-order valence-electron chi connectivity index (χ4n) is 3.78. The summed E-state index contributed by atoms with van der Waals surface area (Å²) >= 11 is 0. The van der Waals surface area contributed by atoms with Gasteiger partial charge in [0.25, 0.3) is 5.91 Å². The zero-order valence-electron chi connectivity index (χ0n) is 16.3. The number of ether oxygens (including phenoxy) is 1. The number of rotatable bonds is 2. The molecule has 0 saturated carbocycles. The van der Waals surface area contributed by atoms with Crippen molar-refractivity contribution in [3.63, 3.8) is 0 Å². The molecular formula is C20H25N5O3. The van der Waals surface area contributed by atoms with Crippen molar-refractivity contribution in [3.8, 4) is 0 Å². The van der Waals surface area contributed by atoms with Crippen molar-refractivity contribution in [2.75, 3.05) is 38.2 Å². The van der Waals surface area contributed by atoms with Gasteiger partial charge in [0.15, 0.2) is 5.69 Å². The molecule has 1 aromatic heterocycles. The maximum absolute atomic E-state index is 13.0.